The summed E-state index contributed by atoms with van der Waals surface area (Å²) < 4.78 is 30.3. The Kier molecular flexibility index (Phi) is 8.43. The average Bonchev–Trinajstić information content (AvgIpc) is 2.81. The van der Waals surface area contributed by atoms with Gasteiger partial charge in [-0.05, 0) is 63.2 Å². The van der Waals surface area contributed by atoms with Crippen LogP contribution in [0.25, 0.3) is 0 Å². The van der Waals surface area contributed by atoms with E-state index in [-0.39, 0.29) is 11.8 Å². The summed E-state index contributed by atoms with van der Waals surface area (Å²) in [6.07, 6.45) is 0.584. The van der Waals surface area contributed by atoms with Gasteiger partial charge in [0.1, 0.15) is 18.0 Å². The maximum absolute atomic E-state index is 14.4. The Morgan fingerprint density at radius 2 is 1.80 bits per heavy atom. The number of hydrogen-bond acceptors (Lipinski definition) is 8. The highest BCUT2D eigenvalue weighted by atomic mass is 19.1. The van der Waals surface area contributed by atoms with Gasteiger partial charge in [-0.15, -0.1) is 0 Å². The molecule has 0 saturated heterocycles. The second-order valence-corrected chi connectivity index (χ2v) is 8.60. The average molecular weight is 484 g/mol. The van der Waals surface area contributed by atoms with Crippen LogP contribution in [0.5, 0.6) is 5.75 Å². The maximum atomic E-state index is 14.4. The summed E-state index contributed by atoms with van der Waals surface area (Å²) in [6.45, 7) is 6.34. The first-order valence-corrected chi connectivity index (χ1v) is 11.0. The van der Waals surface area contributed by atoms with Crippen LogP contribution in [-0.2, 0) is 9.47 Å². The summed E-state index contributed by atoms with van der Waals surface area (Å²) >= 11 is 0. The minimum absolute atomic E-state index is 0.0147. The number of carbonyl (C=O) groups is 1. The Morgan fingerprint density at radius 3 is 2.49 bits per heavy atom. The first-order valence-electron chi connectivity index (χ1n) is 11.0. The fraction of sp³-hybridized carbons (Fsp3) is 0.320. The molecular weight excluding hydrogens is 453 g/mol. The van der Waals surface area contributed by atoms with Crippen molar-refractivity contribution < 1.29 is 23.4 Å². The van der Waals surface area contributed by atoms with Crippen molar-refractivity contribution in [2.24, 2.45) is 0 Å². The second-order valence-electron chi connectivity index (χ2n) is 8.60. The highest BCUT2D eigenvalue weighted by Gasteiger charge is 2.20. The molecule has 2 aromatic carbocycles. The molecular formula is C25H30FN5O4. The third kappa shape index (κ3) is 7.82. The fourth-order valence-electron chi connectivity index (χ4n) is 2.89. The van der Waals surface area contributed by atoms with Gasteiger partial charge in [-0.2, -0.15) is 4.98 Å². The van der Waals surface area contributed by atoms with Crippen molar-refractivity contribution in [1.82, 2.24) is 9.97 Å². The molecule has 0 aliphatic carbocycles. The van der Waals surface area contributed by atoms with Gasteiger partial charge in [0.25, 0.3) is 0 Å². The van der Waals surface area contributed by atoms with E-state index in [1.807, 2.05) is 0 Å². The van der Waals surface area contributed by atoms with Crippen molar-refractivity contribution in [2.45, 2.75) is 26.4 Å². The van der Waals surface area contributed by atoms with Crippen LogP contribution in [0.15, 0.2) is 54.7 Å². The summed E-state index contributed by atoms with van der Waals surface area (Å²) in [5.41, 5.74) is 1.21. The number of methoxy groups -OCH3 is 1. The molecule has 0 bridgehead atoms. The number of aromatic nitrogens is 2. The van der Waals surface area contributed by atoms with E-state index in [9.17, 15) is 9.18 Å². The van der Waals surface area contributed by atoms with Crippen molar-refractivity contribution in [3.63, 3.8) is 0 Å². The predicted molar refractivity (Wildman–Crippen MR) is 133 cm³/mol. The molecule has 0 radical (unpaired) electrons. The molecule has 0 aliphatic rings. The topological polar surface area (TPSA) is 97.8 Å². The fourth-order valence-corrected chi connectivity index (χ4v) is 2.89. The Hall–Kier alpha value is -3.92. The molecule has 0 saturated carbocycles. The van der Waals surface area contributed by atoms with E-state index in [4.69, 9.17) is 14.2 Å². The van der Waals surface area contributed by atoms with Gasteiger partial charge in [0, 0.05) is 31.2 Å². The van der Waals surface area contributed by atoms with Crippen LogP contribution in [0.4, 0.5) is 38.0 Å². The molecule has 2 N–H and O–H groups in total. The number of hydrogen-bond donors (Lipinski definition) is 2. The van der Waals surface area contributed by atoms with Gasteiger partial charge in [0.05, 0.1) is 12.8 Å². The normalized spacial score (nSPS) is 11.0. The Morgan fingerprint density at radius 1 is 1.06 bits per heavy atom. The Bertz CT molecular complexity index is 1140. The number of carbonyl (C=O) groups excluding carboxylic acids is 1. The third-order valence-corrected chi connectivity index (χ3v) is 4.57. The summed E-state index contributed by atoms with van der Waals surface area (Å²) in [7, 11) is 3.22. The summed E-state index contributed by atoms with van der Waals surface area (Å²) in [5.74, 6) is 0.276. The minimum atomic E-state index is -0.622. The number of amides is 1. The van der Waals surface area contributed by atoms with Gasteiger partial charge >= 0.3 is 6.09 Å². The Balaban J connectivity index is 1.69. The molecule has 0 spiro atoms. The van der Waals surface area contributed by atoms with Crippen LogP contribution in [-0.4, -0.2) is 49.0 Å². The van der Waals surface area contributed by atoms with Gasteiger partial charge in [-0.1, -0.05) is 6.07 Å². The van der Waals surface area contributed by atoms with Crippen molar-refractivity contribution in [3.05, 3.63) is 60.5 Å². The van der Waals surface area contributed by atoms with Gasteiger partial charge in [0.15, 0.2) is 11.6 Å². The molecule has 0 fully saturated rings. The molecule has 35 heavy (non-hydrogen) atoms. The van der Waals surface area contributed by atoms with Crippen molar-refractivity contribution in [1.29, 1.82) is 0 Å². The van der Waals surface area contributed by atoms with Crippen LogP contribution in [0.2, 0.25) is 0 Å². The van der Waals surface area contributed by atoms with E-state index in [0.29, 0.717) is 36.0 Å². The molecule has 186 valence electrons. The van der Waals surface area contributed by atoms with Crippen LogP contribution in [0.1, 0.15) is 20.8 Å². The van der Waals surface area contributed by atoms with E-state index in [1.54, 1.807) is 83.5 Å². The molecule has 1 amide bonds. The molecule has 3 rings (SSSR count). The van der Waals surface area contributed by atoms with E-state index in [1.165, 1.54) is 4.90 Å². The third-order valence-electron chi connectivity index (χ3n) is 4.57. The van der Waals surface area contributed by atoms with E-state index >= 15 is 0 Å². The lowest BCUT2D eigenvalue weighted by Crippen LogP contribution is -2.34. The maximum Gasteiger partial charge on any atom is 0.414 e. The predicted octanol–water partition coefficient (Wildman–Crippen LogP) is 5.50. The van der Waals surface area contributed by atoms with Crippen molar-refractivity contribution in [3.8, 4) is 5.75 Å². The highest BCUT2D eigenvalue weighted by molar-refractivity contribution is 5.88. The smallest absolute Gasteiger partial charge is 0.414 e. The van der Waals surface area contributed by atoms with Gasteiger partial charge in [-0.3, -0.25) is 4.90 Å². The van der Waals surface area contributed by atoms with Crippen molar-refractivity contribution >= 4 is 34.9 Å². The van der Waals surface area contributed by atoms with E-state index < -0.39 is 17.5 Å². The highest BCUT2D eigenvalue weighted by Crippen LogP contribution is 2.25. The summed E-state index contributed by atoms with van der Waals surface area (Å²) in [6, 6.07) is 14.1. The molecule has 10 heteroatoms. The number of halogens is 1. The minimum Gasteiger partial charge on any atom is -0.491 e. The number of rotatable bonds is 9. The lowest BCUT2D eigenvalue weighted by atomic mass is 10.2. The van der Waals surface area contributed by atoms with E-state index in [0.717, 1.165) is 6.20 Å². The van der Waals surface area contributed by atoms with E-state index in [2.05, 4.69) is 20.6 Å². The quantitative estimate of drug-likeness (QED) is 0.385. The number of ether oxygens (including phenoxy) is 3. The summed E-state index contributed by atoms with van der Waals surface area (Å²) in [4.78, 5) is 22.0. The number of nitrogens with zero attached hydrogens (tertiary/aromatic N) is 3. The van der Waals surface area contributed by atoms with Crippen LogP contribution in [0, 0.1) is 5.82 Å². The molecule has 3 aromatic rings. The SMILES string of the molecule is COCCOc1ccc(Nc2ncc(F)c(Nc3cccc(N(C)C(=O)OC(C)(C)C)c3)n2)cc1. The molecule has 0 atom stereocenters. The number of nitrogens with one attached hydrogen (secondary N) is 2. The van der Waals surface area contributed by atoms with Crippen LogP contribution < -0.4 is 20.3 Å². The monoisotopic (exact) mass is 483 g/mol. The van der Waals surface area contributed by atoms with Gasteiger partial charge < -0.3 is 24.8 Å². The largest absolute Gasteiger partial charge is 0.491 e. The molecule has 9 nitrogen and oxygen atoms in total. The zero-order valence-electron chi connectivity index (χ0n) is 20.5. The molecule has 1 aromatic heterocycles. The lowest BCUT2D eigenvalue weighted by Gasteiger charge is -2.25. The summed E-state index contributed by atoms with van der Waals surface area (Å²) in [5, 5.41) is 5.98. The van der Waals surface area contributed by atoms with Crippen LogP contribution >= 0.6 is 0 Å². The number of benzene rings is 2. The molecule has 0 aliphatic heterocycles. The second kappa shape index (κ2) is 11.5. The molecule has 0 unspecified atom stereocenters. The molecule has 1 heterocycles. The Labute approximate surface area is 204 Å². The number of anilines is 5. The van der Waals surface area contributed by atoms with Gasteiger partial charge in [0.2, 0.25) is 5.95 Å². The standard InChI is InChI=1S/C25H30FN5O4/c1-25(2,3)35-24(32)31(4)19-8-6-7-18(15-19)28-22-21(26)16-27-23(30-22)29-17-9-11-20(12-10-17)34-14-13-33-5/h6-12,15-16H,13-14H2,1-5H3,(H2,27,28,29,30). The van der Waals surface area contributed by atoms with Gasteiger partial charge in [-0.25, -0.2) is 14.2 Å². The van der Waals surface area contributed by atoms with Crippen molar-refractivity contribution in [2.75, 3.05) is 42.9 Å². The lowest BCUT2D eigenvalue weighted by molar-refractivity contribution is 0.0589. The first kappa shape index (κ1) is 25.7. The zero-order valence-corrected chi connectivity index (χ0v) is 20.5. The zero-order chi connectivity index (χ0) is 25.4. The first-order chi connectivity index (χ1) is 16.6. The van der Waals surface area contributed by atoms with Crippen LogP contribution in [0.3, 0.4) is 0 Å².